The average molecular weight is 505 g/mol. The molecule has 2 rings (SSSR count). The maximum atomic E-state index is 11.3. The first-order valence-corrected chi connectivity index (χ1v) is 12.2. The number of aryl methyl sites for hydroxylation is 1. The fourth-order valence-electron chi connectivity index (χ4n) is 2.61. The van der Waals surface area contributed by atoms with E-state index >= 15 is 0 Å². The van der Waals surface area contributed by atoms with Crippen LogP contribution in [-0.4, -0.2) is 36.1 Å². The Morgan fingerprint density at radius 3 is 2.40 bits per heavy atom. The Labute approximate surface area is 183 Å². The van der Waals surface area contributed by atoms with Gasteiger partial charge in [-0.25, -0.2) is 19.1 Å². The highest BCUT2D eigenvalue weighted by Gasteiger charge is 2.33. The third-order valence-corrected chi connectivity index (χ3v) is 6.50. The number of aromatic nitrogens is 3. The summed E-state index contributed by atoms with van der Waals surface area (Å²) in [7, 11) is -9.34. The summed E-state index contributed by atoms with van der Waals surface area (Å²) in [5.74, 6) is 0.781. The van der Waals surface area contributed by atoms with Crippen LogP contribution in [0.3, 0.4) is 0 Å². The molecule has 0 saturated carbocycles. The van der Waals surface area contributed by atoms with Crippen molar-refractivity contribution in [2.75, 3.05) is 12.3 Å². The maximum absolute atomic E-state index is 11.3. The van der Waals surface area contributed by atoms with E-state index in [1.54, 1.807) is 24.6 Å². The van der Waals surface area contributed by atoms with Gasteiger partial charge in [0.1, 0.15) is 11.6 Å². The highest BCUT2D eigenvalue weighted by atomic mass is 35.5. The molecule has 2 aromatic heterocycles. The molecule has 0 saturated heterocycles. The molecule has 0 aromatic carbocycles. The van der Waals surface area contributed by atoms with Gasteiger partial charge in [0.25, 0.3) is 5.01 Å². The zero-order chi connectivity index (χ0) is 22.0. The molecule has 0 aliphatic heterocycles. The van der Waals surface area contributed by atoms with E-state index in [4.69, 9.17) is 29.8 Å². The SMILES string of the molecule is Cc1ncc(C[n+]2c(C(C)OP(=O)(O)O)sc(CCOP(=O)(O)O)c2C)c(N)n1.[Cl-]. The number of phosphoric ester groups is 2. The summed E-state index contributed by atoms with van der Waals surface area (Å²) in [6.45, 7) is 4.95. The van der Waals surface area contributed by atoms with Gasteiger partial charge in [-0.05, 0) is 13.8 Å². The van der Waals surface area contributed by atoms with Crippen LogP contribution in [0.5, 0.6) is 0 Å². The Morgan fingerprint density at radius 2 is 1.87 bits per heavy atom. The van der Waals surface area contributed by atoms with E-state index in [0.717, 1.165) is 0 Å². The van der Waals surface area contributed by atoms with Gasteiger partial charge in [-0.3, -0.25) is 9.05 Å². The molecule has 2 aromatic rings. The summed E-state index contributed by atoms with van der Waals surface area (Å²) in [4.78, 5) is 44.9. The third kappa shape index (κ3) is 7.93. The van der Waals surface area contributed by atoms with Gasteiger partial charge in [-0.15, -0.1) is 0 Å². The molecule has 0 aliphatic carbocycles. The second-order valence-corrected chi connectivity index (χ2v) is 9.72. The minimum absolute atomic E-state index is 0. The normalized spacial score (nSPS) is 13.2. The van der Waals surface area contributed by atoms with Crippen LogP contribution in [0, 0.1) is 13.8 Å². The predicted molar refractivity (Wildman–Crippen MR) is 103 cm³/mol. The summed E-state index contributed by atoms with van der Waals surface area (Å²) in [5, 5.41) is 0.483. The van der Waals surface area contributed by atoms with Gasteiger partial charge >= 0.3 is 15.6 Å². The van der Waals surface area contributed by atoms with Crippen molar-refractivity contribution in [3.63, 3.8) is 0 Å². The minimum Gasteiger partial charge on any atom is -1.00 e. The maximum Gasteiger partial charge on any atom is 0.470 e. The molecule has 0 spiro atoms. The molecule has 170 valence electrons. The highest BCUT2D eigenvalue weighted by molar-refractivity contribution is 7.46. The van der Waals surface area contributed by atoms with Gasteiger partial charge in [0.15, 0.2) is 18.3 Å². The second kappa shape index (κ2) is 10.6. The Balaban J connectivity index is 0.00000450. The van der Waals surface area contributed by atoms with Crippen LogP contribution in [-0.2, 0) is 31.1 Å². The molecule has 16 heteroatoms. The van der Waals surface area contributed by atoms with Crippen molar-refractivity contribution in [3.05, 3.63) is 33.2 Å². The van der Waals surface area contributed by atoms with E-state index in [1.165, 1.54) is 18.3 Å². The molecule has 2 heterocycles. The van der Waals surface area contributed by atoms with Crippen molar-refractivity contribution >= 4 is 32.8 Å². The largest absolute Gasteiger partial charge is 1.00 e. The number of rotatable bonds is 9. The first-order valence-electron chi connectivity index (χ1n) is 8.31. The van der Waals surface area contributed by atoms with Crippen molar-refractivity contribution in [2.24, 2.45) is 0 Å². The molecule has 1 atom stereocenters. The van der Waals surface area contributed by atoms with Crippen molar-refractivity contribution in [3.8, 4) is 0 Å². The van der Waals surface area contributed by atoms with Crippen molar-refractivity contribution in [1.82, 2.24) is 9.97 Å². The number of nitrogen functional groups attached to an aromatic ring is 1. The number of nitrogens with two attached hydrogens (primary N) is 1. The van der Waals surface area contributed by atoms with Gasteiger partial charge in [0.05, 0.1) is 17.0 Å². The lowest BCUT2D eigenvalue weighted by molar-refractivity contribution is -0.699. The minimum atomic E-state index is -4.74. The fraction of sp³-hybridized carbons (Fsp3) is 0.500. The molecule has 0 amide bonds. The lowest BCUT2D eigenvalue weighted by Gasteiger charge is -2.11. The zero-order valence-corrected chi connectivity index (χ0v) is 19.7. The van der Waals surface area contributed by atoms with Crippen LogP contribution in [0.15, 0.2) is 6.20 Å². The smallest absolute Gasteiger partial charge is 0.470 e. The quantitative estimate of drug-likeness (QED) is 0.186. The lowest BCUT2D eigenvalue weighted by atomic mass is 10.2. The second-order valence-electron chi connectivity index (χ2n) is 6.17. The van der Waals surface area contributed by atoms with Crippen molar-refractivity contribution in [2.45, 2.75) is 39.8 Å². The van der Waals surface area contributed by atoms with Crippen molar-refractivity contribution in [1.29, 1.82) is 0 Å². The van der Waals surface area contributed by atoms with Crippen LogP contribution in [0.4, 0.5) is 5.82 Å². The molecule has 0 aliphatic rings. The molecule has 12 nitrogen and oxygen atoms in total. The lowest BCUT2D eigenvalue weighted by Crippen LogP contribution is -3.00. The van der Waals surface area contributed by atoms with E-state index in [9.17, 15) is 9.13 Å². The summed E-state index contributed by atoms with van der Waals surface area (Å²) in [5.41, 5.74) is 7.27. The van der Waals surface area contributed by atoms with Gasteiger partial charge in [0, 0.05) is 19.5 Å². The molecule has 0 fully saturated rings. The van der Waals surface area contributed by atoms with Crippen LogP contribution in [0.2, 0.25) is 0 Å². The monoisotopic (exact) mass is 504 g/mol. The number of nitrogens with zero attached hydrogens (tertiary/aromatic N) is 3. The molecule has 30 heavy (non-hydrogen) atoms. The standard InChI is InChI=1S/C14H22N4O8P2S.ClH/c1-8-12(4-5-25-27(19,20)21)29-14(9(2)26-28(22,23)24)18(8)7-11-6-16-10(3)17-13(11)15;/h6,9H,4-5,7H2,1-3H3,(H5-,15,16,17,19,20,21,22,23,24);1H. The summed E-state index contributed by atoms with van der Waals surface area (Å²) >= 11 is 1.19. The van der Waals surface area contributed by atoms with Gasteiger partial charge < -0.3 is 37.7 Å². The third-order valence-electron chi connectivity index (χ3n) is 3.88. The Bertz CT molecular complexity index is 979. The van der Waals surface area contributed by atoms with Crippen LogP contribution < -0.4 is 22.7 Å². The molecular formula is C14H23ClN4O8P2S. The number of thiazole rings is 1. The molecule has 0 radical (unpaired) electrons. The Morgan fingerprint density at radius 1 is 1.23 bits per heavy atom. The first-order chi connectivity index (χ1) is 13.3. The Kier molecular flexibility index (Phi) is 9.52. The predicted octanol–water partition coefficient (Wildman–Crippen LogP) is -2.10. The van der Waals surface area contributed by atoms with Crippen LogP contribution >= 0.6 is 27.0 Å². The number of hydrogen-bond donors (Lipinski definition) is 5. The zero-order valence-electron chi connectivity index (χ0n) is 16.3. The first kappa shape index (κ1) is 27.1. The number of anilines is 1. The van der Waals surface area contributed by atoms with E-state index in [0.29, 0.717) is 27.0 Å². The van der Waals surface area contributed by atoms with Crippen LogP contribution in [0.1, 0.15) is 40.0 Å². The summed E-state index contributed by atoms with van der Waals surface area (Å²) in [6, 6.07) is 0. The average Bonchev–Trinajstić information content (AvgIpc) is 2.84. The molecule has 1 unspecified atom stereocenters. The van der Waals surface area contributed by atoms with E-state index in [-0.39, 0.29) is 37.8 Å². The van der Waals surface area contributed by atoms with Gasteiger partial charge in [-0.2, -0.15) is 4.57 Å². The molecule has 0 bridgehead atoms. The number of halogens is 1. The number of phosphoric acid groups is 2. The van der Waals surface area contributed by atoms with Gasteiger partial charge in [0.2, 0.25) is 0 Å². The summed E-state index contributed by atoms with van der Waals surface area (Å²) < 4.78 is 33.2. The van der Waals surface area contributed by atoms with E-state index in [1.807, 2.05) is 0 Å². The molecular weight excluding hydrogens is 482 g/mol. The van der Waals surface area contributed by atoms with Crippen LogP contribution in [0.25, 0.3) is 0 Å². The van der Waals surface area contributed by atoms with Gasteiger partial charge in [-0.1, -0.05) is 11.3 Å². The van der Waals surface area contributed by atoms with E-state index < -0.39 is 21.7 Å². The topological polar surface area (TPSA) is 189 Å². The van der Waals surface area contributed by atoms with Crippen molar-refractivity contribution < 1.29 is 54.7 Å². The fourth-order valence-corrected chi connectivity index (χ4v) is 4.75. The summed E-state index contributed by atoms with van der Waals surface area (Å²) in [6.07, 6.45) is 0.796. The Hall–Kier alpha value is -0.980. The molecule has 6 N–H and O–H groups in total. The van der Waals surface area contributed by atoms with E-state index in [2.05, 4.69) is 14.5 Å². The highest BCUT2D eigenvalue weighted by Crippen LogP contribution is 2.43. The number of hydrogen-bond acceptors (Lipinski definition) is 8.